The second-order valence-corrected chi connectivity index (χ2v) is 6.52. The molecule has 1 aromatic carbocycles. The summed E-state index contributed by atoms with van der Waals surface area (Å²) in [6, 6.07) is 3.11. The van der Waals surface area contributed by atoms with E-state index in [-0.39, 0.29) is 37.1 Å². The maximum atomic E-state index is 13.5. The van der Waals surface area contributed by atoms with E-state index < -0.39 is 11.6 Å². The van der Waals surface area contributed by atoms with E-state index in [4.69, 9.17) is 4.74 Å². The number of nitrogens with zero attached hydrogens (tertiary/aromatic N) is 3. The monoisotopic (exact) mass is 415 g/mol. The maximum absolute atomic E-state index is 13.5. The van der Waals surface area contributed by atoms with Gasteiger partial charge in [0.15, 0.2) is 17.4 Å². The van der Waals surface area contributed by atoms with Crippen molar-refractivity contribution in [3.05, 3.63) is 35.7 Å². The van der Waals surface area contributed by atoms with Crippen LogP contribution in [0.4, 0.5) is 14.7 Å². The van der Waals surface area contributed by atoms with Crippen LogP contribution >= 0.6 is 12.4 Å². The van der Waals surface area contributed by atoms with Crippen LogP contribution in [-0.4, -0.2) is 40.4 Å². The van der Waals surface area contributed by atoms with Gasteiger partial charge in [0.1, 0.15) is 5.82 Å². The summed E-state index contributed by atoms with van der Waals surface area (Å²) in [5.41, 5.74) is 0. The number of piperidine rings is 1. The summed E-state index contributed by atoms with van der Waals surface area (Å²) in [4.78, 5) is 16.5. The van der Waals surface area contributed by atoms with Crippen LogP contribution in [0.1, 0.15) is 37.4 Å². The lowest BCUT2D eigenvalue weighted by Crippen LogP contribution is -2.27. The van der Waals surface area contributed by atoms with Gasteiger partial charge >= 0.3 is 0 Å². The first-order valence-corrected chi connectivity index (χ1v) is 9.02. The van der Waals surface area contributed by atoms with Crippen LogP contribution in [0.15, 0.2) is 18.2 Å². The summed E-state index contributed by atoms with van der Waals surface area (Å²) in [5, 5.41) is 10.4. The number of anilines is 1. The Morgan fingerprint density at radius 1 is 1.36 bits per heavy atom. The molecule has 0 spiro atoms. The molecule has 1 saturated heterocycles. The molecule has 0 aliphatic carbocycles. The van der Waals surface area contributed by atoms with Gasteiger partial charge < -0.3 is 10.1 Å². The molecule has 2 aromatic rings. The number of benzene rings is 1. The van der Waals surface area contributed by atoms with Crippen molar-refractivity contribution in [2.45, 2.75) is 31.6 Å². The van der Waals surface area contributed by atoms with Gasteiger partial charge in [-0.2, -0.15) is 10.1 Å². The Kier molecular flexibility index (Phi) is 8.13. The number of aromatic nitrogens is 3. The highest BCUT2D eigenvalue weighted by molar-refractivity contribution is 5.88. The largest absolute Gasteiger partial charge is 0.491 e. The van der Waals surface area contributed by atoms with Crippen molar-refractivity contribution in [3.8, 4) is 5.75 Å². The standard InChI is InChI=1S/C18H23F2N5O2.ClH/c1-25-18(23-17(24-25)12-6-8-21-9-7-12)22-16(26)3-2-10-27-15-5-4-13(19)11-14(15)20;/h4-5,11-12,21H,2-3,6-10H2,1H3,(H,22,23,24,26);1H. The fourth-order valence-electron chi connectivity index (χ4n) is 2.96. The first-order chi connectivity index (χ1) is 13.0. The van der Waals surface area contributed by atoms with Crippen molar-refractivity contribution in [1.29, 1.82) is 0 Å². The number of hydrogen-bond acceptors (Lipinski definition) is 5. The van der Waals surface area contributed by atoms with Gasteiger partial charge in [0, 0.05) is 25.5 Å². The summed E-state index contributed by atoms with van der Waals surface area (Å²) in [5.74, 6) is -0.191. The van der Waals surface area contributed by atoms with Gasteiger partial charge in [0.05, 0.1) is 6.61 Å². The summed E-state index contributed by atoms with van der Waals surface area (Å²) in [6.45, 7) is 2.04. The van der Waals surface area contributed by atoms with Crippen molar-refractivity contribution in [2.24, 2.45) is 7.05 Å². The molecule has 1 fully saturated rings. The van der Waals surface area contributed by atoms with E-state index in [0.717, 1.165) is 43.9 Å². The van der Waals surface area contributed by atoms with Gasteiger partial charge in [0.2, 0.25) is 11.9 Å². The SMILES string of the molecule is Cl.Cn1nc(C2CCNCC2)nc1NC(=O)CCCOc1ccc(F)cc1F. The average molecular weight is 416 g/mol. The third kappa shape index (κ3) is 5.87. The molecule has 1 aromatic heterocycles. The predicted molar refractivity (Wildman–Crippen MR) is 103 cm³/mol. The molecule has 0 unspecified atom stereocenters. The fraction of sp³-hybridized carbons (Fsp3) is 0.500. The van der Waals surface area contributed by atoms with Crippen LogP contribution in [-0.2, 0) is 11.8 Å². The van der Waals surface area contributed by atoms with Gasteiger partial charge in [0.25, 0.3) is 0 Å². The van der Waals surface area contributed by atoms with E-state index in [9.17, 15) is 13.6 Å². The van der Waals surface area contributed by atoms with Crippen molar-refractivity contribution in [3.63, 3.8) is 0 Å². The molecular formula is C18H24ClF2N5O2. The van der Waals surface area contributed by atoms with Crippen LogP contribution in [0.3, 0.4) is 0 Å². The number of carbonyl (C=O) groups is 1. The Morgan fingerprint density at radius 2 is 2.11 bits per heavy atom. The van der Waals surface area contributed by atoms with Gasteiger partial charge in [-0.3, -0.25) is 10.1 Å². The van der Waals surface area contributed by atoms with Gasteiger partial charge in [-0.25, -0.2) is 13.5 Å². The van der Waals surface area contributed by atoms with E-state index >= 15 is 0 Å². The number of hydrogen-bond donors (Lipinski definition) is 2. The molecule has 1 aliphatic rings. The number of aryl methyl sites for hydroxylation is 1. The number of halogens is 3. The van der Waals surface area contributed by atoms with Gasteiger partial charge in [-0.05, 0) is 44.5 Å². The molecule has 1 aliphatic heterocycles. The lowest BCUT2D eigenvalue weighted by molar-refractivity contribution is -0.116. The topological polar surface area (TPSA) is 81.1 Å². The maximum Gasteiger partial charge on any atom is 0.227 e. The van der Waals surface area contributed by atoms with Crippen molar-refractivity contribution < 1.29 is 18.3 Å². The van der Waals surface area contributed by atoms with Crippen LogP contribution in [0.5, 0.6) is 5.75 Å². The molecule has 2 heterocycles. The van der Waals surface area contributed by atoms with Crippen molar-refractivity contribution in [1.82, 2.24) is 20.1 Å². The highest BCUT2D eigenvalue weighted by atomic mass is 35.5. The lowest BCUT2D eigenvalue weighted by atomic mass is 9.98. The number of nitrogens with one attached hydrogen (secondary N) is 2. The zero-order valence-electron chi connectivity index (χ0n) is 15.6. The molecule has 0 saturated carbocycles. The Morgan fingerprint density at radius 3 is 2.82 bits per heavy atom. The third-order valence-electron chi connectivity index (χ3n) is 4.43. The summed E-state index contributed by atoms with van der Waals surface area (Å²) < 4.78 is 33.1. The molecule has 2 N–H and O–H groups in total. The smallest absolute Gasteiger partial charge is 0.227 e. The second kappa shape index (κ2) is 10.3. The van der Waals surface area contributed by atoms with Gasteiger partial charge in [-0.15, -0.1) is 12.4 Å². The highest BCUT2D eigenvalue weighted by Crippen LogP contribution is 2.23. The highest BCUT2D eigenvalue weighted by Gasteiger charge is 2.21. The molecule has 3 rings (SSSR count). The Balaban J connectivity index is 0.00000280. The molecule has 0 bridgehead atoms. The van der Waals surface area contributed by atoms with Crippen LogP contribution in [0.25, 0.3) is 0 Å². The van der Waals surface area contributed by atoms with Crippen LogP contribution < -0.4 is 15.4 Å². The minimum absolute atomic E-state index is 0. The molecule has 28 heavy (non-hydrogen) atoms. The Labute approximate surface area is 168 Å². The number of rotatable bonds is 7. The van der Waals surface area contributed by atoms with Crippen LogP contribution in [0.2, 0.25) is 0 Å². The van der Waals surface area contributed by atoms with Crippen molar-refractivity contribution in [2.75, 3.05) is 25.0 Å². The van der Waals surface area contributed by atoms with E-state index in [0.29, 0.717) is 18.3 Å². The normalized spacial score (nSPS) is 14.4. The minimum atomic E-state index is -0.760. The zero-order valence-corrected chi connectivity index (χ0v) is 16.4. The third-order valence-corrected chi connectivity index (χ3v) is 4.43. The summed E-state index contributed by atoms with van der Waals surface area (Å²) >= 11 is 0. The van der Waals surface area contributed by atoms with E-state index in [1.165, 1.54) is 6.07 Å². The molecule has 0 radical (unpaired) electrons. The zero-order chi connectivity index (χ0) is 19.2. The van der Waals surface area contributed by atoms with E-state index in [1.807, 2.05) is 0 Å². The molecular weight excluding hydrogens is 392 g/mol. The van der Waals surface area contributed by atoms with Crippen LogP contribution in [0, 0.1) is 11.6 Å². The lowest BCUT2D eigenvalue weighted by Gasteiger charge is -2.19. The molecule has 7 nitrogen and oxygen atoms in total. The number of ether oxygens (including phenoxy) is 1. The predicted octanol–water partition coefficient (Wildman–Crippen LogP) is 2.78. The van der Waals surface area contributed by atoms with E-state index in [1.54, 1.807) is 11.7 Å². The molecule has 154 valence electrons. The molecule has 1 amide bonds. The first kappa shape index (κ1) is 22.0. The summed E-state index contributed by atoms with van der Waals surface area (Å²) in [7, 11) is 1.74. The molecule has 10 heteroatoms. The number of carbonyl (C=O) groups excluding carboxylic acids is 1. The van der Waals surface area contributed by atoms with Gasteiger partial charge in [-0.1, -0.05) is 0 Å². The summed E-state index contributed by atoms with van der Waals surface area (Å²) in [6.07, 6.45) is 2.55. The van der Waals surface area contributed by atoms with E-state index in [2.05, 4.69) is 20.7 Å². The quantitative estimate of drug-likeness (QED) is 0.680. The first-order valence-electron chi connectivity index (χ1n) is 9.02. The minimum Gasteiger partial charge on any atom is -0.491 e. The Hall–Kier alpha value is -2.26. The number of amides is 1. The second-order valence-electron chi connectivity index (χ2n) is 6.52. The fourth-order valence-corrected chi connectivity index (χ4v) is 2.96. The molecule has 0 atom stereocenters. The Bertz CT molecular complexity index is 796. The average Bonchev–Trinajstić information content (AvgIpc) is 3.01. The van der Waals surface area contributed by atoms with Crippen molar-refractivity contribution >= 4 is 24.3 Å².